The highest BCUT2D eigenvalue weighted by atomic mass is 35.5. The van der Waals surface area contributed by atoms with Gasteiger partial charge in [0.15, 0.2) is 0 Å². The fourth-order valence-corrected chi connectivity index (χ4v) is 3.63. The summed E-state index contributed by atoms with van der Waals surface area (Å²) < 4.78 is 11.8. The molecule has 2 aliphatic heterocycles. The van der Waals surface area contributed by atoms with E-state index in [1.807, 2.05) is 24.3 Å². The van der Waals surface area contributed by atoms with Crippen molar-refractivity contribution in [3.63, 3.8) is 0 Å². The van der Waals surface area contributed by atoms with E-state index in [9.17, 15) is 4.79 Å². The van der Waals surface area contributed by atoms with Gasteiger partial charge in [0.25, 0.3) is 5.91 Å². The highest BCUT2D eigenvalue weighted by molar-refractivity contribution is 6.33. The van der Waals surface area contributed by atoms with E-state index in [1.54, 1.807) is 0 Å². The maximum atomic E-state index is 12.5. The van der Waals surface area contributed by atoms with Crippen LogP contribution in [0.1, 0.15) is 41.4 Å². The third kappa shape index (κ3) is 2.76. The van der Waals surface area contributed by atoms with E-state index in [1.165, 1.54) is 6.20 Å². The first-order valence-corrected chi connectivity index (χ1v) is 8.40. The van der Waals surface area contributed by atoms with E-state index in [0.717, 1.165) is 24.2 Å². The Hall–Kier alpha value is -2.05. The molecule has 6 nitrogen and oxygen atoms in total. The van der Waals surface area contributed by atoms with E-state index >= 15 is 0 Å². The minimum absolute atomic E-state index is 0.139. The number of benzene rings is 1. The van der Waals surface area contributed by atoms with Gasteiger partial charge < -0.3 is 14.8 Å². The minimum Gasteiger partial charge on any atom is -0.487 e. The molecule has 2 aliphatic rings. The summed E-state index contributed by atoms with van der Waals surface area (Å²) in [5.41, 5.74) is 0.975. The van der Waals surface area contributed by atoms with Crippen LogP contribution in [-0.4, -0.2) is 34.9 Å². The van der Waals surface area contributed by atoms with Gasteiger partial charge >= 0.3 is 0 Å². The van der Waals surface area contributed by atoms with Gasteiger partial charge in [-0.2, -0.15) is 5.10 Å². The van der Waals surface area contributed by atoms with Gasteiger partial charge in [0.1, 0.15) is 17.0 Å². The second-order valence-electron chi connectivity index (χ2n) is 6.26. The Morgan fingerprint density at radius 1 is 1.33 bits per heavy atom. The van der Waals surface area contributed by atoms with Crippen molar-refractivity contribution >= 4 is 17.5 Å². The van der Waals surface area contributed by atoms with Crippen molar-refractivity contribution in [1.82, 2.24) is 15.5 Å². The standard InChI is InChI=1S/C17H18ClN3O3/c18-12-10-19-21-15(12)16(22)20-13-9-17(5-7-23-8-6-17)24-14-4-2-1-3-11(13)14/h1-4,10,13H,5-9H2,(H,19,21)(H,20,22)/t13-/m1/s1. The Morgan fingerprint density at radius 2 is 2.12 bits per heavy atom. The van der Waals surface area contributed by atoms with Crippen LogP contribution in [0.3, 0.4) is 0 Å². The van der Waals surface area contributed by atoms with Gasteiger partial charge in [-0.15, -0.1) is 0 Å². The van der Waals surface area contributed by atoms with E-state index in [-0.39, 0.29) is 23.2 Å². The van der Waals surface area contributed by atoms with Crippen LogP contribution in [0.4, 0.5) is 0 Å². The highest BCUT2D eigenvalue weighted by Gasteiger charge is 2.42. The van der Waals surface area contributed by atoms with Crippen molar-refractivity contribution in [2.75, 3.05) is 13.2 Å². The van der Waals surface area contributed by atoms with Crippen molar-refractivity contribution in [2.24, 2.45) is 0 Å². The number of fused-ring (bicyclic) bond motifs is 1. The molecule has 1 atom stereocenters. The first kappa shape index (κ1) is 15.5. The molecular formula is C17H18ClN3O3. The Kier molecular flexibility index (Phi) is 3.94. The predicted octanol–water partition coefficient (Wildman–Crippen LogP) is 2.87. The van der Waals surface area contributed by atoms with Gasteiger partial charge in [0.2, 0.25) is 0 Å². The average molecular weight is 348 g/mol. The monoisotopic (exact) mass is 347 g/mol. The van der Waals surface area contributed by atoms with Crippen molar-refractivity contribution in [1.29, 1.82) is 0 Å². The van der Waals surface area contributed by atoms with E-state index in [0.29, 0.717) is 24.7 Å². The Bertz CT molecular complexity index is 755. The SMILES string of the molecule is O=C(N[C@@H]1CC2(CCOCC2)Oc2ccccc21)c1[nH]ncc1Cl. The fourth-order valence-electron chi connectivity index (χ4n) is 3.46. The van der Waals surface area contributed by atoms with Crippen LogP contribution < -0.4 is 10.1 Å². The van der Waals surface area contributed by atoms with Gasteiger partial charge in [0.05, 0.1) is 30.5 Å². The number of ether oxygens (including phenoxy) is 2. The molecule has 3 heterocycles. The molecule has 0 unspecified atom stereocenters. The van der Waals surface area contributed by atoms with Crippen LogP contribution >= 0.6 is 11.6 Å². The number of para-hydroxylation sites is 1. The molecule has 0 saturated carbocycles. The number of aromatic nitrogens is 2. The maximum absolute atomic E-state index is 12.5. The molecule has 0 radical (unpaired) electrons. The van der Waals surface area contributed by atoms with E-state index in [4.69, 9.17) is 21.1 Å². The Labute approximate surface area is 144 Å². The average Bonchev–Trinajstić information content (AvgIpc) is 3.01. The molecule has 2 aromatic rings. The summed E-state index contributed by atoms with van der Waals surface area (Å²) in [6.07, 6.45) is 3.77. The van der Waals surface area contributed by atoms with Crippen LogP contribution in [0, 0.1) is 0 Å². The molecular weight excluding hydrogens is 330 g/mol. The zero-order chi connectivity index (χ0) is 16.6. The molecule has 126 valence electrons. The number of rotatable bonds is 2. The smallest absolute Gasteiger partial charge is 0.271 e. The molecule has 2 N–H and O–H groups in total. The summed E-state index contributed by atoms with van der Waals surface area (Å²) in [6.45, 7) is 1.35. The van der Waals surface area contributed by atoms with Crippen LogP contribution in [0.25, 0.3) is 0 Å². The van der Waals surface area contributed by atoms with Gasteiger partial charge in [0, 0.05) is 24.8 Å². The lowest BCUT2D eigenvalue weighted by molar-refractivity contribution is -0.0639. The third-order valence-electron chi connectivity index (χ3n) is 4.73. The third-order valence-corrected chi connectivity index (χ3v) is 5.01. The molecule has 1 spiro atoms. The number of nitrogens with zero attached hydrogens (tertiary/aromatic N) is 1. The summed E-state index contributed by atoms with van der Waals surface area (Å²) >= 11 is 6.00. The summed E-state index contributed by atoms with van der Waals surface area (Å²) in [4.78, 5) is 12.5. The molecule has 0 bridgehead atoms. The normalized spacial score (nSPS) is 21.8. The molecule has 4 rings (SSSR count). The number of hydrogen-bond donors (Lipinski definition) is 2. The summed E-state index contributed by atoms with van der Waals surface area (Å²) in [5, 5.41) is 9.84. The van der Waals surface area contributed by atoms with Crippen molar-refractivity contribution in [3.05, 3.63) is 46.7 Å². The number of H-pyrrole nitrogens is 1. The first-order chi connectivity index (χ1) is 11.7. The second-order valence-corrected chi connectivity index (χ2v) is 6.67. The predicted molar refractivity (Wildman–Crippen MR) is 88.3 cm³/mol. The number of carbonyl (C=O) groups excluding carboxylic acids is 1. The van der Waals surface area contributed by atoms with Gasteiger partial charge in [-0.1, -0.05) is 29.8 Å². The Morgan fingerprint density at radius 3 is 2.88 bits per heavy atom. The van der Waals surface area contributed by atoms with E-state index < -0.39 is 0 Å². The molecule has 0 aliphatic carbocycles. The number of carbonyl (C=O) groups is 1. The fraction of sp³-hybridized carbons (Fsp3) is 0.412. The topological polar surface area (TPSA) is 76.2 Å². The first-order valence-electron chi connectivity index (χ1n) is 8.02. The highest BCUT2D eigenvalue weighted by Crippen LogP contribution is 2.43. The number of aromatic amines is 1. The van der Waals surface area contributed by atoms with Gasteiger partial charge in [-0.25, -0.2) is 0 Å². The quantitative estimate of drug-likeness (QED) is 0.875. The molecule has 1 saturated heterocycles. The zero-order valence-electron chi connectivity index (χ0n) is 13.0. The van der Waals surface area contributed by atoms with E-state index in [2.05, 4.69) is 15.5 Å². The maximum Gasteiger partial charge on any atom is 0.271 e. The number of amides is 1. The van der Waals surface area contributed by atoms with Crippen molar-refractivity contribution < 1.29 is 14.3 Å². The molecule has 1 aromatic heterocycles. The van der Waals surface area contributed by atoms with Crippen molar-refractivity contribution in [3.8, 4) is 5.75 Å². The molecule has 24 heavy (non-hydrogen) atoms. The van der Waals surface area contributed by atoms with Crippen LogP contribution in [0.15, 0.2) is 30.5 Å². The second kappa shape index (κ2) is 6.11. The molecule has 1 amide bonds. The lowest BCUT2D eigenvalue weighted by atomic mass is 9.82. The van der Waals surface area contributed by atoms with Gasteiger partial charge in [-0.3, -0.25) is 9.89 Å². The van der Waals surface area contributed by atoms with Crippen LogP contribution in [0.2, 0.25) is 5.02 Å². The van der Waals surface area contributed by atoms with Crippen molar-refractivity contribution in [2.45, 2.75) is 30.9 Å². The largest absolute Gasteiger partial charge is 0.487 e. The summed E-state index contributed by atoms with van der Waals surface area (Å²) in [7, 11) is 0. The molecule has 7 heteroatoms. The molecule has 1 aromatic carbocycles. The summed E-state index contributed by atoms with van der Waals surface area (Å²) in [5.74, 6) is 0.563. The van der Waals surface area contributed by atoms with Gasteiger partial charge in [-0.05, 0) is 6.07 Å². The Balaban J connectivity index is 1.63. The van der Waals surface area contributed by atoms with Crippen LogP contribution in [0.5, 0.6) is 5.75 Å². The summed E-state index contributed by atoms with van der Waals surface area (Å²) in [6, 6.07) is 7.70. The molecule has 1 fully saturated rings. The minimum atomic E-state index is -0.289. The lowest BCUT2D eigenvalue weighted by Crippen LogP contribution is -2.48. The number of hydrogen-bond acceptors (Lipinski definition) is 4. The van der Waals surface area contributed by atoms with Crippen LogP contribution in [-0.2, 0) is 4.74 Å². The number of halogens is 1. The lowest BCUT2D eigenvalue weighted by Gasteiger charge is -2.44. The zero-order valence-corrected chi connectivity index (χ0v) is 13.8. The number of nitrogens with one attached hydrogen (secondary N) is 2.